The first-order valence-electron chi connectivity index (χ1n) is 6.41. The summed E-state index contributed by atoms with van der Waals surface area (Å²) in [6, 6.07) is 0. The fourth-order valence-electron chi connectivity index (χ4n) is 1.70. The van der Waals surface area contributed by atoms with Crippen molar-refractivity contribution in [3.8, 4) is 5.88 Å². The van der Waals surface area contributed by atoms with E-state index in [0.717, 1.165) is 24.3 Å². The average molecular weight is 253 g/mol. The lowest BCUT2D eigenvalue weighted by Crippen LogP contribution is -2.10. The predicted octanol–water partition coefficient (Wildman–Crippen LogP) is 2.45. The van der Waals surface area contributed by atoms with E-state index in [1.807, 2.05) is 6.92 Å². The van der Waals surface area contributed by atoms with E-state index in [1.165, 1.54) is 6.33 Å². The zero-order chi connectivity index (χ0) is 13.4. The SMILES string of the molecule is CCNc1ncnc(OCCCOC)c1C(C)C. The van der Waals surface area contributed by atoms with Crippen molar-refractivity contribution >= 4 is 5.82 Å². The molecule has 0 atom stereocenters. The molecule has 1 heterocycles. The van der Waals surface area contributed by atoms with Crippen molar-refractivity contribution in [2.75, 3.05) is 32.2 Å². The Balaban J connectivity index is 2.78. The standard InChI is InChI=1S/C13H23N3O2/c1-5-14-12-11(10(2)3)13(16-9-15-12)18-8-6-7-17-4/h9-10H,5-8H2,1-4H3,(H,14,15,16). The Morgan fingerprint density at radius 1 is 1.28 bits per heavy atom. The van der Waals surface area contributed by atoms with Gasteiger partial charge in [-0.2, -0.15) is 0 Å². The van der Waals surface area contributed by atoms with Crippen LogP contribution < -0.4 is 10.1 Å². The third-order valence-electron chi connectivity index (χ3n) is 2.50. The van der Waals surface area contributed by atoms with Crippen LogP contribution in [0.3, 0.4) is 0 Å². The quantitative estimate of drug-likeness (QED) is 0.721. The number of ether oxygens (including phenoxy) is 2. The number of nitrogens with zero attached hydrogens (tertiary/aromatic N) is 2. The number of anilines is 1. The zero-order valence-corrected chi connectivity index (χ0v) is 11.7. The molecular formula is C13H23N3O2. The van der Waals surface area contributed by atoms with Gasteiger partial charge in [-0.1, -0.05) is 13.8 Å². The topological polar surface area (TPSA) is 56.3 Å². The van der Waals surface area contributed by atoms with E-state index in [1.54, 1.807) is 7.11 Å². The van der Waals surface area contributed by atoms with Crippen LogP contribution in [0.2, 0.25) is 0 Å². The minimum absolute atomic E-state index is 0.317. The molecule has 0 amide bonds. The number of hydrogen-bond acceptors (Lipinski definition) is 5. The van der Waals surface area contributed by atoms with Crippen LogP contribution in [-0.2, 0) is 4.74 Å². The predicted molar refractivity (Wildman–Crippen MR) is 72.3 cm³/mol. The fourth-order valence-corrected chi connectivity index (χ4v) is 1.70. The lowest BCUT2D eigenvalue weighted by molar-refractivity contribution is 0.170. The second-order valence-corrected chi connectivity index (χ2v) is 4.32. The van der Waals surface area contributed by atoms with Gasteiger partial charge in [-0.15, -0.1) is 0 Å². The van der Waals surface area contributed by atoms with Crippen molar-refractivity contribution in [2.45, 2.75) is 33.1 Å². The van der Waals surface area contributed by atoms with E-state index in [9.17, 15) is 0 Å². The maximum absolute atomic E-state index is 5.72. The van der Waals surface area contributed by atoms with E-state index in [0.29, 0.717) is 25.0 Å². The van der Waals surface area contributed by atoms with Gasteiger partial charge in [0.15, 0.2) is 0 Å². The summed E-state index contributed by atoms with van der Waals surface area (Å²) in [4.78, 5) is 8.49. The maximum Gasteiger partial charge on any atom is 0.222 e. The van der Waals surface area contributed by atoms with Gasteiger partial charge in [0.2, 0.25) is 5.88 Å². The molecule has 0 aliphatic carbocycles. The van der Waals surface area contributed by atoms with Gasteiger partial charge in [0.25, 0.3) is 0 Å². The van der Waals surface area contributed by atoms with Crippen LogP contribution in [0.15, 0.2) is 6.33 Å². The minimum atomic E-state index is 0.317. The van der Waals surface area contributed by atoms with Gasteiger partial charge in [0.05, 0.1) is 12.2 Å². The van der Waals surface area contributed by atoms with Crippen molar-refractivity contribution in [2.24, 2.45) is 0 Å². The van der Waals surface area contributed by atoms with Gasteiger partial charge in [0, 0.05) is 26.7 Å². The first-order chi connectivity index (χ1) is 8.70. The average Bonchev–Trinajstić information content (AvgIpc) is 2.35. The van der Waals surface area contributed by atoms with Gasteiger partial charge in [-0.25, -0.2) is 9.97 Å². The molecule has 0 radical (unpaired) electrons. The molecule has 0 aliphatic heterocycles. The molecule has 5 heteroatoms. The minimum Gasteiger partial charge on any atom is -0.477 e. The van der Waals surface area contributed by atoms with E-state index in [-0.39, 0.29) is 0 Å². The molecule has 1 aromatic heterocycles. The summed E-state index contributed by atoms with van der Waals surface area (Å²) in [6.45, 7) is 8.41. The number of hydrogen-bond donors (Lipinski definition) is 1. The summed E-state index contributed by atoms with van der Waals surface area (Å²) in [6.07, 6.45) is 2.39. The molecule has 1 aromatic rings. The van der Waals surface area contributed by atoms with Crippen LogP contribution in [0.5, 0.6) is 5.88 Å². The molecule has 0 bridgehead atoms. The summed E-state index contributed by atoms with van der Waals surface area (Å²) >= 11 is 0. The zero-order valence-electron chi connectivity index (χ0n) is 11.7. The van der Waals surface area contributed by atoms with Crippen LogP contribution >= 0.6 is 0 Å². The summed E-state index contributed by atoms with van der Waals surface area (Å²) in [5.41, 5.74) is 1.04. The molecule has 0 saturated carbocycles. The van der Waals surface area contributed by atoms with Gasteiger partial charge >= 0.3 is 0 Å². The Morgan fingerprint density at radius 2 is 2.06 bits per heavy atom. The Labute approximate surface area is 109 Å². The molecule has 102 valence electrons. The van der Waals surface area contributed by atoms with Crippen molar-refractivity contribution in [3.05, 3.63) is 11.9 Å². The first-order valence-corrected chi connectivity index (χ1v) is 6.41. The highest BCUT2D eigenvalue weighted by molar-refractivity contribution is 5.50. The summed E-state index contributed by atoms with van der Waals surface area (Å²) < 4.78 is 10.7. The molecular weight excluding hydrogens is 230 g/mol. The van der Waals surface area contributed by atoms with E-state index < -0.39 is 0 Å². The molecule has 1 N–H and O–H groups in total. The van der Waals surface area contributed by atoms with Gasteiger partial charge in [-0.3, -0.25) is 0 Å². The van der Waals surface area contributed by atoms with Crippen LogP contribution in [0.25, 0.3) is 0 Å². The highest BCUT2D eigenvalue weighted by Crippen LogP contribution is 2.29. The van der Waals surface area contributed by atoms with Gasteiger partial charge in [-0.05, 0) is 12.8 Å². The molecule has 5 nitrogen and oxygen atoms in total. The van der Waals surface area contributed by atoms with Gasteiger partial charge in [0.1, 0.15) is 12.1 Å². The number of nitrogens with one attached hydrogen (secondary N) is 1. The largest absolute Gasteiger partial charge is 0.477 e. The highest BCUT2D eigenvalue weighted by Gasteiger charge is 2.15. The molecule has 0 fully saturated rings. The number of rotatable bonds is 8. The van der Waals surface area contributed by atoms with Crippen LogP contribution in [0.1, 0.15) is 38.7 Å². The summed E-state index contributed by atoms with van der Waals surface area (Å²) in [5, 5.41) is 3.24. The number of methoxy groups -OCH3 is 1. The molecule has 0 spiro atoms. The third kappa shape index (κ3) is 4.14. The van der Waals surface area contributed by atoms with Crippen molar-refractivity contribution < 1.29 is 9.47 Å². The monoisotopic (exact) mass is 253 g/mol. The molecule has 0 aliphatic rings. The fraction of sp³-hybridized carbons (Fsp3) is 0.692. The lowest BCUT2D eigenvalue weighted by Gasteiger charge is -2.16. The van der Waals surface area contributed by atoms with Crippen LogP contribution in [0, 0.1) is 0 Å². The Bertz CT molecular complexity index is 356. The molecule has 0 aromatic carbocycles. The Hall–Kier alpha value is -1.36. The van der Waals surface area contributed by atoms with Crippen molar-refractivity contribution in [1.82, 2.24) is 9.97 Å². The third-order valence-corrected chi connectivity index (χ3v) is 2.50. The van der Waals surface area contributed by atoms with Crippen LogP contribution in [0.4, 0.5) is 5.82 Å². The normalized spacial score (nSPS) is 10.7. The summed E-state index contributed by atoms with van der Waals surface area (Å²) in [5.74, 6) is 1.86. The summed E-state index contributed by atoms with van der Waals surface area (Å²) in [7, 11) is 1.69. The number of aromatic nitrogens is 2. The molecule has 0 saturated heterocycles. The molecule has 1 rings (SSSR count). The van der Waals surface area contributed by atoms with Crippen molar-refractivity contribution in [3.63, 3.8) is 0 Å². The first kappa shape index (κ1) is 14.7. The lowest BCUT2D eigenvalue weighted by atomic mass is 10.1. The molecule has 0 unspecified atom stereocenters. The van der Waals surface area contributed by atoms with Gasteiger partial charge < -0.3 is 14.8 Å². The molecule has 18 heavy (non-hydrogen) atoms. The smallest absolute Gasteiger partial charge is 0.222 e. The second kappa shape index (κ2) is 7.87. The van der Waals surface area contributed by atoms with Crippen molar-refractivity contribution in [1.29, 1.82) is 0 Å². The Kier molecular flexibility index (Phi) is 6.43. The highest BCUT2D eigenvalue weighted by atomic mass is 16.5. The Morgan fingerprint density at radius 3 is 2.67 bits per heavy atom. The van der Waals surface area contributed by atoms with E-state index in [4.69, 9.17) is 9.47 Å². The maximum atomic E-state index is 5.72. The van der Waals surface area contributed by atoms with E-state index >= 15 is 0 Å². The van der Waals surface area contributed by atoms with E-state index in [2.05, 4.69) is 29.1 Å². The van der Waals surface area contributed by atoms with Crippen LogP contribution in [-0.4, -0.2) is 36.8 Å². The second-order valence-electron chi connectivity index (χ2n) is 4.32.